The number of pyridine rings is 2. The van der Waals surface area contributed by atoms with E-state index < -0.39 is 5.91 Å². The lowest BCUT2D eigenvalue weighted by Crippen LogP contribution is -2.39. The first-order chi connectivity index (χ1) is 12.6. The highest BCUT2D eigenvalue weighted by atomic mass is 35.5. The van der Waals surface area contributed by atoms with E-state index in [9.17, 15) is 9.59 Å². The highest BCUT2D eigenvalue weighted by molar-refractivity contribution is 6.48. The first kappa shape index (κ1) is 15.9. The average Bonchev–Trinajstić information content (AvgIpc) is 3.08. The van der Waals surface area contributed by atoms with Crippen molar-refractivity contribution in [1.29, 1.82) is 0 Å². The topological polar surface area (TPSA) is 125 Å². The summed E-state index contributed by atoms with van der Waals surface area (Å²) in [4.78, 5) is 32.1. The SMILES string of the molecule is O=C1NN=C1c1ccc(NC(=O)c2cccc(-c3[nH]ncc3Cl)n2)nc1. The number of carbonyl (C=O) groups excluding carboxylic acids is 2. The van der Waals surface area contributed by atoms with Crippen molar-refractivity contribution >= 4 is 34.9 Å². The zero-order chi connectivity index (χ0) is 18.1. The molecular weight excluding hydrogens is 358 g/mol. The molecule has 2 amide bonds. The van der Waals surface area contributed by atoms with E-state index >= 15 is 0 Å². The molecule has 0 aliphatic carbocycles. The Labute approximate surface area is 151 Å². The van der Waals surface area contributed by atoms with Crippen LogP contribution in [0.2, 0.25) is 5.02 Å². The summed E-state index contributed by atoms with van der Waals surface area (Å²) in [6.45, 7) is 0. The Balaban J connectivity index is 1.52. The first-order valence-electron chi connectivity index (χ1n) is 7.44. The van der Waals surface area contributed by atoms with Crippen molar-refractivity contribution in [2.24, 2.45) is 5.10 Å². The normalized spacial score (nSPS) is 12.8. The molecule has 0 spiro atoms. The summed E-state index contributed by atoms with van der Waals surface area (Å²) >= 11 is 6.02. The summed E-state index contributed by atoms with van der Waals surface area (Å²) in [6.07, 6.45) is 2.92. The van der Waals surface area contributed by atoms with Crippen LogP contribution < -0.4 is 10.7 Å². The third-order valence-corrected chi connectivity index (χ3v) is 3.88. The minimum atomic E-state index is -0.429. The van der Waals surface area contributed by atoms with Gasteiger partial charge in [-0.05, 0) is 24.3 Å². The Bertz CT molecular complexity index is 1040. The number of nitrogens with zero attached hydrogens (tertiary/aromatic N) is 4. The van der Waals surface area contributed by atoms with Gasteiger partial charge >= 0.3 is 0 Å². The molecule has 3 aromatic rings. The minimum absolute atomic E-state index is 0.196. The molecule has 4 rings (SSSR count). The van der Waals surface area contributed by atoms with Crippen molar-refractivity contribution in [2.45, 2.75) is 0 Å². The third-order valence-electron chi connectivity index (χ3n) is 3.59. The number of amides is 2. The van der Waals surface area contributed by atoms with E-state index in [2.05, 4.69) is 36.0 Å². The number of aromatic nitrogens is 4. The van der Waals surface area contributed by atoms with Gasteiger partial charge in [-0.25, -0.2) is 15.4 Å². The quantitative estimate of drug-likeness (QED) is 0.646. The fourth-order valence-corrected chi connectivity index (χ4v) is 2.48. The maximum absolute atomic E-state index is 12.4. The molecule has 128 valence electrons. The standard InChI is InChI=1S/C16H10ClN7O2/c17-9-7-19-22-14(9)10-2-1-3-11(20-10)15(25)21-12-5-4-8(6-18-12)13-16(26)24-23-13/h1-7H,(H,19,22)(H,24,26)(H,18,21,25). The van der Waals surface area contributed by atoms with Crippen LogP contribution in [-0.2, 0) is 4.79 Å². The second kappa shape index (κ2) is 6.37. The largest absolute Gasteiger partial charge is 0.305 e. The summed E-state index contributed by atoms with van der Waals surface area (Å²) < 4.78 is 0. The van der Waals surface area contributed by atoms with Crippen LogP contribution in [0, 0.1) is 0 Å². The summed E-state index contributed by atoms with van der Waals surface area (Å²) in [7, 11) is 0. The molecule has 4 heterocycles. The van der Waals surface area contributed by atoms with Crippen LogP contribution in [0.4, 0.5) is 5.82 Å². The van der Waals surface area contributed by atoms with Gasteiger partial charge in [0.2, 0.25) is 0 Å². The second-order valence-corrected chi connectivity index (χ2v) is 5.70. The number of rotatable bonds is 4. The van der Waals surface area contributed by atoms with Crippen molar-refractivity contribution in [2.75, 3.05) is 5.32 Å². The Morgan fingerprint density at radius 1 is 1.15 bits per heavy atom. The number of aromatic amines is 1. The Hall–Kier alpha value is -3.59. The predicted octanol–water partition coefficient (Wildman–Crippen LogP) is 1.61. The van der Waals surface area contributed by atoms with E-state index in [1.165, 1.54) is 12.4 Å². The molecule has 1 aliphatic heterocycles. The molecule has 0 bridgehead atoms. The molecule has 0 fully saturated rings. The van der Waals surface area contributed by atoms with E-state index in [1.807, 2.05) is 0 Å². The van der Waals surface area contributed by atoms with Gasteiger partial charge in [0.25, 0.3) is 11.8 Å². The number of H-pyrrole nitrogens is 1. The molecule has 9 nitrogen and oxygen atoms in total. The van der Waals surface area contributed by atoms with E-state index in [1.54, 1.807) is 30.3 Å². The average molecular weight is 368 g/mol. The van der Waals surface area contributed by atoms with Gasteiger partial charge in [-0.15, -0.1) is 0 Å². The monoisotopic (exact) mass is 367 g/mol. The fourth-order valence-electron chi connectivity index (χ4n) is 2.29. The molecule has 0 saturated heterocycles. The summed E-state index contributed by atoms with van der Waals surface area (Å²) in [5.41, 5.74) is 4.37. The predicted molar refractivity (Wildman–Crippen MR) is 93.7 cm³/mol. The number of halogens is 1. The lowest BCUT2D eigenvalue weighted by atomic mass is 10.1. The van der Waals surface area contributed by atoms with Gasteiger partial charge in [-0.3, -0.25) is 14.7 Å². The van der Waals surface area contributed by atoms with Gasteiger partial charge < -0.3 is 5.32 Å². The van der Waals surface area contributed by atoms with E-state index in [0.717, 1.165) is 0 Å². The summed E-state index contributed by atoms with van der Waals surface area (Å²) in [6, 6.07) is 8.21. The maximum atomic E-state index is 12.4. The molecule has 1 aliphatic rings. The van der Waals surface area contributed by atoms with Crippen molar-refractivity contribution in [3.63, 3.8) is 0 Å². The van der Waals surface area contributed by atoms with Gasteiger partial charge in [0.05, 0.1) is 16.9 Å². The number of hydrogen-bond donors (Lipinski definition) is 3. The second-order valence-electron chi connectivity index (χ2n) is 5.29. The van der Waals surface area contributed by atoms with Crippen LogP contribution in [0.25, 0.3) is 11.4 Å². The van der Waals surface area contributed by atoms with Crippen molar-refractivity contribution in [3.05, 3.63) is 59.0 Å². The van der Waals surface area contributed by atoms with E-state index in [4.69, 9.17) is 11.6 Å². The molecule has 0 atom stereocenters. The van der Waals surface area contributed by atoms with Gasteiger partial charge in [-0.1, -0.05) is 17.7 Å². The maximum Gasteiger partial charge on any atom is 0.292 e. The molecular formula is C16H10ClN7O2. The van der Waals surface area contributed by atoms with Gasteiger partial charge in [0.1, 0.15) is 17.2 Å². The molecule has 10 heteroatoms. The van der Waals surface area contributed by atoms with Crippen LogP contribution in [0.1, 0.15) is 16.1 Å². The van der Waals surface area contributed by atoms with Crippen LogP contribution in [-0.4, -0.2) is 37.7 Å². The highest BCUT2D eigenvalue weighted by Crippen LogP contribution is 2.23. The Morgan fingerprint density at radius 3 is 2.65 bits per heavy atom. The van der Waals surface area contributed by atoms with Gasteiger partial charge in [0, 0.05) is 11.8 Å². The Kier molecular flexibility index (Phi) is 3.90. The van der Waals surface area contributed by atoms with Crippen molar-refractivity contribution in [1.82, 2.24) is 25.6 Å². The van der Waals surface area contributed by atoms with Gasteiger partial charge in [-0.2, -0.15) is 10.2 Å². The molecule has 0 radical (unpaired) electrons. The van der Waals surface area contributed by atoms with Crippen LogP contribution in [0.15, 0.2) is 47.8 Å². The minimum Gasteiger partial charge on any atom is -0.305 e. The fraction of sp³-hybridized carbons (Fsp3) is 0. The summed E-state index contributed by atoms with van der Waals surface area (Å²) in [5.74, 6) is -0.366. The van der Waals surface area contributed by atoms with Crippen LogP contribution in [0.5, 0.6) is 0 Å². The van der Waals surface area contributed by atoms with Crippen LogP contribution >= 0.6 is 11.6 Å². The zero-order valence-corrected chi connectivity index (χ0v) is 13.8. The lowest BCUT2D eigenvalue weighted by molar-refractivity contribution is -0.116. The smallest absolute Gasteiger partial charge is 0.292 e. The van der Waals surface area contributed by atoms with Gasteiger partial charge in [0.15, 0.2) is 5.71 Å². The molecule has 3 N–H and O–H groups in total. The van der Waals surface area contributed by atoms with Crippen molar-refractivity contribution in [3.8, 4) is 11.4 Å². The number of nitrogens with one attached hydrogen (secondary N) is 3. The summed E-state index contributed by atoms with van der Waals surface area (Å²) in [5, 5.41) is 13.4. The molecule has 0 unspecified atom stereocenters. The molecule has 26 heavy (non-hydrogen) atoms. The van der Waals surface area contributed by atoms with Crippen molar-refractivity contribution < 1.29 is 9.59 Å². The number of hydrogen-bond acceptors (Lipinski definition) is 6. The number of carbonyl (C=O) groups is 2. The molecule has 0 saturated carbocycles. The van der Waals surface area contributed by atoms with E-state index in [0.29, 0.717) is 33.5 Å². The third kappa shape index (κ3) is 2.91. The van der Waals surface area contributed by atoms with E-state index in [-0.39, 0.29) is 11.6 Å². The lowest BCUT2D eigenvalue weighted by Gasteiger charge is -2.12. The highest BCUT2D eigenvalue weighted by Gasteiger charge is 2.21. The first-order valence-corrected chi connectivity index (χ1v) is 7.82. The molecule has 3 aromatic heterocycles. The number of anilines is 1. The molecule has 0 aromatic carbocycles. The Morgan fingerprint density at radius 2 is 2.04 bits per heavy atom. The zero-order valence-electron chi connectivity index (χ0n) is 13.0. The van der Waals surface area contributed by atoms with Crippen LogP contribution in [0.3, 0.4) is 0 Å². The number of hydrazone groups is 1.